The molecule has 0 unspecified atom stereocenters. The Morgan fingerprint density at radius 3 is 2.71 bits per heavy atom. The number of hydrogen-bond donors (Lipinski definition) is 2. The van der Waals surface area contributed by atoms with Gasteiger partial charge in [-0.15, -0.1) is 5.10 Å². The third-order valence-electron chi connectivity index (χ3n) is 3.15. The number of urea groups is 1. The van der Waals surface area contributed by atoms with Crippen molar-refractivity contribution in [3.8, 4) is 0 Å². The second-order valence-electron chi connectivity index (χ2n) is 6.05. The Balaban J connectivity index is 1.99. The predicted molar refractivity (Wildman–Crippen MR) is 78.6 cm³/mol. The Kier molecular flexibility index (Phi) is 4.25. The lowest BCUT2D eigenvalue weighted by Gasteiger charge is -2.31. The maximum Gasteiger partial charge on any atom is 0.320 e. The molecule has 0 bridgehead atoms. The van der Waals surface area contributed by atoms with E-state index < -0.39 is 0 Å². The molecule has 2 aromatic rings. The Hall–Kier alpha value is -2.38. The first-order valence-electron chi connectivity index (χ1n) is 6.74. The topological polar surface area (TPSA) is 89.7 Å². The summed E-state index contributed by atoms with van der Waals surface area (Å²) in [6, 6.07) is -0.348. The Labute approximate surface area is 123 Å². The number of nitrogens with one attached hydrogen (secondary N) is 2. The van der Waals surface area contributed by atoms with E-state index in [-0.39, 0.29) is 17.5 Å². The maximum atomic E-state index is 12.1. The van der Waals surface area contributed by atoms with Gasteiger partial charge in [-0.1, -0.05) is 26.0 Å². The van der Waals surface area contributed by atoms with Crippen LogP contribution in [0.3, 0.4) is 0 Å². The van der Waals surface area contributed by atoms with Gasteiger partial charge in [-0.2, -0.15) is 0 Å². The van der Waals surface area contributed by atoms with Gasteiger partial charge < -0.3 is 9.88 Å². The first-order chi connectivity index (χ1) is 9.84. The van der Waals surface area contributed by atoms with Crippen molar-refractivity contribution in [1.82, 2.24) is 29.9 Å². The van der Waals surface area contributed by atoms with Gasteiger partial charge in [-0.05, 0) is 5.41 Å². The lowest BCUT2D eigenvalue weighted by Crippen LogP contribution is -2.47. The summed E-state index contributed by atoms with van der Waals surface area (Å²) in [7, 11) is 1.74. The van der Waals surface area contributed by atoms with Crippen molar-refractivity contribution in [3.63, 3.8) is 0 Å². The molecule has 8 nitrogen and oxygen atoms in total. The van der Waals surface area contributed by atoms with Crippen LogP contribution in [0.25, 0.3) is 0 Å². The molecule has 0 saturated carbocycles. The average Bonchev–Trinajstić information content (AvgIpc) is 2.99. The number of carbonyl (C=O) groups excluding carboxylic acids is 1. The second-order valence-corrected chi connectivity index (χ2v) is 6.05. The van der Waals surface area contributed by atoms with Crippen molar-refractivity contribution in [3.05, 3.63) is 24.9 Å². The van der Waals surface area contributed by atoms with Crippen molar-refractivity contribution < 1.29 is 4.79 Å². The minimum Gasteiger partial charge on any atom is -0.335 e. The highest BCUT2D eigenvalue weighted by Gasteiger charge is 2.26. The third kappa shape index (κ3) is 4.30. The lowest BCUT2D eigenvalue weighted by molar-refractivity contribution is 0.218. The van der Waals surface area contributed by atoms with E-state index in [0.29, 0.717) is 12.4 Å². The summed E-state index contributed by atoms with van der Waals surface area (Å²) in [6.07, 6.45) is 6.98. The second kappa shape index (κ2) is 5.94. The van der Waals surface area contributed by atoms with Crippen molar-refractivity contribution in [2.45, 2.75) is 33.4 Å². The van der Waals surface area contributed by atoms with Crippen LogP contribution < -0.4 is 10.6 Å². The number of rotatable bonds is 4. The summed E-state index contributed by atoms with van der Waals surface area (Å²) in [5, 5.41) is 13.2. The number of amides is 2. The quantitative estimate of drug-likeness (QED) is 0.887. The van der Waals surface area contributed by atoms with Gasteiger partial charge >= 0.3 is 6.03 Å². The molecule has 2 N–H and O–H groups in total. The molecule has 8 heteroatoms. The van der Waals surface area contributed by atoms with E-state index in [9.17, 15) is 4.79 Å². The highest BCUT2D eigenvalue weighted by molar-refractivity contribution is 5.88. The van der Waals surface area contributed by atoms with E-state index in [0.717, 1.165) is 0 Å². The highest BCUT2D eigenvalue weighted by Crippen LogP contribution is 2.20. The number of aryl methyl sites for hydroxylation is 1. The lowest BCUT2D eigenvalue weighted by atomic mass is 9.86. The minimum atomic E-state index is -0.296. The van der Waals surface area contributed by atoms with Crippen molar-refractivity contribution in [2.75, 3.05) is 5.32 Å². The molecule has 2 amide bonds. The Morgan fingerprint density at radius 1 is 1.43 bits per heavy atom. The largest absolute Gasteiger partial charge is 0.335 e. The van der Waals surface area contributed by atoms with Crippen LogP contribution in [-0.4, -0.2) is 36.6 Å². The van der Waals surface area contributed by atoms with Crippen LogP contribution in [0.5, 0.6) is 0 Å². The Bertz CT molecular complexity index is 582. The number of imidazole rings is 1. The zero-order valence-electron chi connectivity index (χ0n) is 12.7. The Morgan fingerprint density at radius 2 is 2.19 bits per heavy atom. The van der Waals surface area contributed by atoms with Crippen molar-refractivity contribution >= 4 is 11.8 Å². The predicted octanol–water partition coefficient (Wildman–Crippen LogP) is 1.25. The van der Waals surface area contributed by atoms with E-state index >= 15 is 0 Å². The fourth-order valence-corrected chi connectivity index (χ4v) is 1.86. The van der Waals surface area contributed by atoms with Crippen LogP contribution in [0, 0.1) is 5.41 Å². The smallest absolute Gasteiger partial charge is 0.320 e. The molecule has 2 heterocycles. The molecule has 21 heavy (non-hydrogen) atoms. The average molecular weight is 291 g/mol. The normalized spacial score (nSPS) is 13.0. The molecule has 1 atom stereocenters. The summed E-state index contributed by atoms with van der Waals surface area (Å²) in [6.45, 7) is 6.89. The van der Waals surface area contributed by atoms with Crippen LogP contribution in [0.4, 0.5) is 10.6 Å². The van der Waals surface area contributed by atoms with Gasteiger partial charge in [-0.3, -0.25) is 10.00 Å². The molecule has 0 aliphatic heterocycles. The van der Waals surface area contributed by atoms with Gasteiger partial charge in [0.25, 0.3) is 0 Å². The summed E-state index contributed by atoms with van der Waals surface area (Å²) >= 11 is 0. The SMILES string of the molecule is Cn1cc(NC(=O)N[C@@H](Cn2ccnc2)C(C)(C)C)nn1. The summed E-state index contributed by atoms with van der Waals surface area (Å²) in [4.78, 5) is 16.1. The van der Waals surface area contributed by atoms with Crippen LogP contribution in [-0.2, 0) is 13.6 Å². The zero-order valence-corrected chi connectivity index (χ0v) is 12.7. The molecular weight excluding hydrogens is 270 g/mol. The molecule has 0 aromatic carbocycles. The van der Waals surface area contributed by atoms with Crippen LogP contribution in [0.2, 0.25) is 0 Å². The van der Waals surface area contributed by atoms with Gasteiger partial charge in [0.15, 0.2) is 5.82 Å². The summed E-state index contributed by atoms with van der Waals surface area (Å²) in [5.74, 6) is 0.422. The molecule has 2 aromatic heterocycles. The minimum absolute atomic E-state index is 0.0524. The third-order valence-corrected chi connectivity index (χ3v) is 3.15. The fourth-order valence-electron chi connectivity index (χ4n) is 1.86. The molecular formula is C13H21N7O. The summed E-state index contributed by atoms with van der Waals surface area (Å²) in [5.41, 5.74) is -0.0933. The number of hydrogen-bond acceptors (Lipinski definition) is 4. The molecule has 0 aliphatic rings. The molecule has 0 fully saturated rings. The van der Waals surface area contributed by atoms with Crippen LogP contribution >= 0.6 is 0 Å². The molecule has 0 spiro atoms. The summed E-state index contributed by atoms with van der Waals surface area (Å²) < 4.78 is 3.47. The molecule has 2 rings (SSSR count). The molecule has 0 aliphatic carbocycles. The van der Waals surface area contributed by atoms with Gasteiger partial charge in [0.2, 0.25) is 0 Å². The highest BCUT2D eigenvalue weighted by atomic mass is 16.2. The molecule has 114 valence electrons. The number of carbonyl (C=O) groups is 1. The van der Waals surface area contributed by atoms with Gasteiger partial charge in [-0.25, -0.2) is 9.78 Å². The number of aromatic nitrogens is 5. The van der Waals surface area contributed by atoms with Crippen molar-refractivity contribution in [2.24, 2.45) is 12.5 Å². The van der Waals surface area contributed by atoms with E-state index in [1.807, 2.05) is 10.8 Å². The van der Waals surface area contributed by atoms with Crippen molar-refractivity contribution in [1.29, 1.82) is 0 Å². The van der Waals surface area contributed by atoms with E-state index in [1.165, 1.54) is 4.68 Å². The number of nitrogens with zero attached hydrogens (tertiary/aromatic N) is 5. The van der Waals surface area contributed by atoms with E-state index in [2.05, 4.69) is 46.7 Å². The first-order valence-corrected chi connectivity index (χ1v) is 6.74. The van der Waals surface area contributed by atoms with E-state index in [4.69, 9.17) is 0 Å². The maximum absolute atomic E-state index is 12.1. The van der Waals surface area contributed by atoms with Gasteiger partial charge in [0.1, 0.15) is 0 Å². The fraction of sp³-hybridized carbons (Fsp3) is 0.538. The van der Waals surface area contributed by atoms with Crippen LogP contribution in [0.1, 0.15) is 20.8 Å². The van der Waals surface area contributed by atoms with Crippen LogP contribution in [0.15, 0.2) is 24.9 Å². The van der Waals surface area contributed by atoms with Gasteiger partial charge in [0.05, 0.1) is 18.6 Å². The van der Waals surface area contributed by atoms with E-state index in [1.54, 1.807) is 25.8 Å². The number of anilines is 1. The first kappa shape index (κ1) is 15.0. The molecule has 0 saturated heterocycles. The monoisotopic (exact) mass is 291 g/mol. The molecule has 0 radical (unpaired) electrons. The standard InChI is InChI=1S/C13H21N7O/c1-13(2,3)10(7-20-6-5-14-9-20)15-12(21)16-11-8-19(4)18-17-11/h5-6,8-10H,7H2,1-4H3,(H2,15,16,21)/t10-/m0/s1. The zero-order chi connectivity index (χ0) is 15.5. The van der Waals surface area contributed by atoms with Gasteiger partial charge in [0, 0.05) is 26.0 Å².